The van der Waals surface area contributed by atoms with E-state index in [4.69, 9.17) is 4.74 Å². The lowest BCUT2D eigenvalue weighted by Gasteiger charge is -2.36. The molecular weight excluding hydrogens is 252 g/mol. The number of aromatic nitrogens is 1. The van der Waals surface area contributed by atoms with Crippen molar-refractivity contribution in [2.24, 2.45) is 0 Å². The Balaban J connectivity index is 2.00. The molecule has 0 bridgehead atoms. The van der Waals surface area contributed by atoms with Crippen LogP contribution < -0.4 is 9.64 Å². The van der Waals surface area contributed by atoms with Crippen LogP contribution in [0.3, 0.4) is 0 Å². The molecule has 0 atom stereocenters. The fraction of sp³-hybridized carbons (Fsp3) is 0.438. The number of methoxy groups -OCH3 is 1. The Labute approximate surface area is 119 Å². The summed E-state index contributed by atoms with van der Waals surface area (Å²) in [5.74, 6) is 1.85. The number of anilines is 1. The van der Waals surface area contributed by atoms with Crippen LogP contribution in [0.1, 0.15) is 19.8 Å². The summed E-state index contributed by atoms with van der Waals surface area (Å²) < 4.78 is 5.42. The number of fused-ring (bicyclic) bond motifs is 1. The number of nitrogens with zero attached hydrogens (tertiary/aromatic N) is 2. The summed E-state index contributed by atoms with van der Waals surface area (Å²) in [5.41, 5.74) is -0.543. The van der Waals surface area contributed by atoms with Gasteiger partial charge in [0.05, 0.1) is 12.7 Å². The molecule has 0 amide bonds. The van der Waals surface area contributed by atoms with Gasteiger partial charge in [0.1, 0.15) is 11.6 Å². The minimum Gasteiger partial charge on any atom is -0.496 e. The second kappa shape index (κ2) is 4.94. The first kappa shape index (κ1) is 13.2. The third-order valence-corrected chi connectivity index (χ3v) is 4.11. The van der Waals surface area contributed by atoms with Gasteiger partial charge in [0.25, 0.3) is 0 Å². The molecule has 0 aliphatic carbocycles. The van der Waals surface area contributed by atoms with Crippen LogP contribution in [-0.4, -0.2) is 35.9 Å². The summed E-state index contributed by atoms with van der Waals surface area (Å²) in [6, 6.07) is 8.02. The summed E-state index contributed by atoms with van der Waals surface area (Å²) >= 11 is 0. The van der Waals surface area contributed by atoms with E-state index in [9.17, 15) is 5.11 Å². The maximum atomic E-state index is 10.1. The molecule has 1 saturated heterocycles. The molecule has 1 fully saturated rings. The summed E-state index contributed by atoms with van der Waals surface area (Å²) in [4.78, 5) is 6.79. The highest BCUT2D eigenvalue weighted by Gasteiger charge is 2.28. The SMILES string of the molecule is COc1cccc2c(N3CCC(C)(O)CC3)nccc12. The van der Waals surface area contributed by atoms with Crippen molar-refractivity contribution >= 4 is 16.6 Å². The predicted molar refractivity (Wildman–Crippen MR) is 80.4 cm³/mol. The van der Waals surface area contributed by atoms with Gasteiger partial charge in [-0.2, -0.15) is 0 Å². The third-order valence-electron chi connectivity index (χ3n) is 4.11. The van der Waals surface area contributed by atoms with Gasteiger partial charge < -0.3 is 14.7 Å². The van der Waals surface area contributed by atoms with E-state index in [1.165, 1.54) is 0 Å². The lowest BCUT2D eigenvalue weighted by atomic mass is 9.93. The lowest BCUT2D eigenvalue weighted by Crippen LogP contribution is -2.42. The molecule has 106 valence electrons. The Morgan fingerprint density at radius 1 is 1.20 bits per heavy atom. The minimum atomic E-state index is -0.543. The second-order valence-corrected chi connectivity index (χ2v) is 5.67. The van der Waals surface area contributed by atoms with Gasteiger partial charge >= 0.3 is 0 Å². The quantitative estimate of drug-likeness (QED) is 0.912. The van der Waals surface area contributed by atoms with E-state index in [-0.39, 0.29) is 0 Å². The van der Waals surface area contributed by atoms with Crippen molar-refractivity contribution in [1.29, 1.82) is 0 Å². The highest BCUT2D eigenvalue weighted by atomic mass is 16.5. The van der Waals surface area contributed by atoms with Crippen LogP contribution in [0.25, 0.3) is 10.8 Å². The number of pyridine rings is 1. The molecule has 2 heterocycles. The average molecular weight is 272 g/mol. The summed E-state index contributed by atoms with van der Waals surface area (Å²) in [6.07, 6.45) is 3.37. The zero-order valence-electron chi connectivity index (χ0n) is 12.0. The average Bonchev–Trinajstić information content (AvgIpc) is 2.46. The molecule has 4 nitrogen and oxygen atoms in total. The van der Waals surface area contributed by atoms with Crippen LogP contribution in [-0.2, 0) is 0 Å². The fourth-order valence-corrected chi connectivity index (χ4v) is 2.79. The van der Waals surface area contributed by atoms with Crippen LogP contribution >= 0.6 is 0 Å². The molecule has 0 radical (unpaired) electrons. The van der Waals surface area contributed by atoms with Crippen LogP contribution in [0, 0.1) is 0 Å². The van der Waals surface area contributed by atoms with E-state index in [0.29, 0.717) is 0 Å². The Hall–Kier alpha value is -1.81. The maximum Gasteiger partial charge on any atom is 0.136 e. The molecule has 0 saturated carbocycles. The molecule has 1 aliphatic rings. The lowest BCUT2D eigenvalue weighted by molar-refractivity contribution is 0.0350. The molecule has 20 heavy (non-hydrogen) atoms. The number of ether oxygens (including phenoxy) is 1. The first-order valence-corrected chi connectivity index (χ1v) is 7.00. The van der Waals surface area contributed by atoms with Gasteiger partial charge in [-0.1, -0.05) is 12.1 Å². The fourth-order valence-electron chi connectivity index (χ4n) is 2.79. The number of piperidine rings is 1. The van der Waals surface area contributed by atoms with Gasteiger partial charge in [0, 0.05) is 30.1 Å². The van der Waals surface area contributed by atoms with E-state index in [2.05, 4.69) is 16.0 Å². The molecular formula is C16H20N2O2. The number of benzene rings is 1. The predicted octanol–water partition coefficient (Wildman–Crippen LogP) is 2.59. The highest BCUT2D eigenvalue weighted by Crippen LogP contribution is 2.33. The van der Waals surface area contributed by atoms with Crippen molar-refractivity contribution in [3.05, 3.63) is 30.5 Å². The normalized spacial score (nSPS) is 18.2. The summed E-state index contributed by atoms with van der Waals surface area (Å²) in [5, 5.41) is 12.3. The molecule has 1 N–H and O–H groups in total. The van der Waals surface area contributed by atoms with Crippen molar-refractivity contribution < 1.29 is 9.84 Å². The second-order valence-electron chi connectivity index (χ2n) is 5.67. The van der Waals surface area contributed by atoms with E-state index < -0.39 is 5.60 Å². The maximum absolute atomic E-state index is 10.1. The molecule has 0 spiro atoms. The molecule has 2 aromatic rings. The zero-order chi connectivity index (χ0) is 14.2. The largest absolute Gasteiger partial charge is 0.496 e. The van der Waals surface area contributed by atoms with Crippen LogP contribution in [0.2, 0.25) is 0 Å². The van der Waals surface area contributed by atoms with Crippen LogP contribution in [0.15, 0.2) is 30.5 Å². The van der Waals surface area contributed by atoms with Gasteiger partial charge in [0.2, 0.25) is 0 Å². The number of aliphatic hydroxyl groups is 1. The standard InChI is InChI=1S/C16H20N2O2/c1-16(19)7-10-18(11-8-16)15-13-4-3-5-14(20-2)12(13)6-9-17-15/h3-6,9,19H,7-8,10-11H2,1-2H3. The monoisotopic (exact) mass is 272 g/mol. The first-order chi connectivity index (χ1) is 9.61. The van der Waals surface area contributed by atoms with Crippen molar-refractivity contribution in [2.75, 3.05) is 25.1 Å². The van der Waals surface area contributed by atoms with E-state index >= 15 is 0 Å². The van der Waals surface area contributed by atoms with Crippen molar-refractivity contribution in [2.45, 2.75) is 25.4 Å². The minimum absolute atomic E-state index is 0.543. The van der Waals surface area contributed by atoms with E-state index in [1.807, 2.05) is 31.3 Å². The first-order valence-electron chi connectivity index (χ1n) is 7.00. The Kier molecular flexibility index (Phi) is 3.26. The Morgan fingerprint density at radius 3 is 2.65 bits per heavy atom. The molecule has 0 unspecified atom stereocenters. The van der Waals surface area contributed by atoms with Crippen LogP contribution in [0.4, 0.5) is 5.82 Å². The van der Waals surface area contributed by atoms with E-state index in [0.717, 1.165) is 48.3 Å². The smallest absolute Gasteiger partial charge is 0.136 e. The van der Waals surface area contributed by atoms with Gasteiger partial charge in [0.15, 0.2) is 0 Å². The molecule has 4 heteroatoms. The van der Waals surface area contributed by atoms with Crippen molar-refractivity contribution in [3.8, 4) is 5.75 Å². The summed E-state index contributed by atoms with van der Waals surface area (Å²) in [7, 11) is 1.69. The highest BCUT2D eigenvalue weighted by molar-refractivity contribution is 5.96. The molecule has 1 aliphatic heterocycles. The van der Waals surface area contributed by atoms with Crippen molar-refractivity contribution in [3.63, 3.8) is 0 Å². The van der Waals surface area contributed by atoms with Crippen LogP contribution in [0.5, 0.6) is 5.75 Å². The van der Waals surface area contributed by atoms with Gasteiger partial charge in [-0.3, -0.25) is 0 Å². The van der Waals surface area contributed by atoms with Crippen molar-refractivity contribution in [1.82, 2.24) is 4.98 Å². The topological polar surface area (TPSA) is 45.6 Å². The number of hydrogen-bond donors (Lipinski definition) is 1. The summed E-state index contributed by atoms with van der Waals surface area (Å²) in [6.45, 7) is 3.57. The zero-order valence-corrected chi connectivity index (χ0v) is 12.0. The Bertz CT molecular complexity index is 615. The molecule has 3 rings (SSSR count). The molecule has 1 aromatic carbocycles. The van der Waals surface area contributed by atoms with E-state index in [1.54, 1.807) is 7.11 Å². The number of rotatable bonds is 2. The number of hydrogen-bond acceptors (Lipinski definition) is 4. The van der Waals surface area contributed by atoms with Gasteiger partial charge in [-0.25, -0.2) is 4.98 Å². The van der Waals surface area contributed by atoms with Gasteiger partial charge in [-0.05, 0) is 31.9 Å². The third kappa shape index (κ3) is 2.31. The molecule has 1 aromatic heterocycles. The van der Waals surface area contributed by atoms with Gasteiger partial charge in [-0.15, -0.1) is 0 Å². The Morgan fingerprint density at radius 2 is 1.95 bits per heavy atom.